The van der Waals surface area contributed by atoms with E-state index in [-0.39, 0.29) is 11.9 Å². The molecule has 0 spiro atoms. The van der Waals surface area contributed by atoms with Gasteiger partial charge in [0.05, 0.1) is 0 Å². The number of rotatable bonds is 2. The molecule has 3 rings (SSSR count). The van der Waals surface area contributed by atoms with Gasteiger partial charge in [0.15, 0.2) is 0 Å². The molecule has 1 aromatic heterocycles. The van der Waals surface area contributed by atoms with Crippen molar-refractivity contribution in [3.8, 4) is 0 Å². The first-order chi connectivity index (χ1) is 10.1. The predicted molar refractivity (Wildman–Crippen MR) is 85.6 cm³/mol. The molecule has 0 saturated heterocycles. The van der Waals surface area contributed by atoms with Crippen LogP contribution in [-0.2, 0) is 0 Å². The van der Waals surface area contributed by atoms with Crippen LogP contribution in [0.15, 0.2) is 30.3 Å². The fourth-order valence-corrected chi connectivity index (χ4v) is 3.35. The van der Waals surface area contributed by atoms with Crippen molar-refractivity contribution in [3.05, 3.63) is 41.2 Å². The zero-order valence-corrected chi connectivity index (χ0v) is 13.0. The van der Waals surface area contributed by atoms with Gasteiger partial charge in [-0.1, -0.05) is 49.7 Å². The van der Waals surface area contributed by atoms with Crippen molar-refractivity contribution in [1.82, 2.24) is 10.3 Å². The molecule has 21 heavy (non-hydrogen) atoms. The topological polar surface area (TPSA) is 42.0 Å². The minimum absolute atomic E-state index is 0.131. The van der Waals surface area contributed by atoms with Crippen LogP contribution in [0.4, 0.5) is 0 Å². The van der Waals surface area contributed by atoms with Crippen molar-refractivity contribution in [3.63, 3.8) is 0 Å². The van der Waals surface area contributed by atoms with E-state index in [1.165, 1.54) is 0 Å². The van der Waals surface area contributed by atoms with E-state index >= 15 is 0 Å². The molecule has 3 nitrogen and oxygen atoms in total. The maximum Gasteiger partial charge on any atom is 0.270 e. The molecule has 3 atom stereocenters. The zero-order chi connectivity index (χ0) is 15.0. The summed E-state index contributed by atoms with van der Waals surface area (Å²) in [7, 11) is 0. The average molecular weight is 303 g/mol. The van der Waals surface area contributed by atoms with Crippen LogP contribution in [-0.4, -0.2) is 16.9 Å². The Bertz CT molecular complexity index is 686. The summed E-state index contributed by atoms with van der Waals surface area (Å²) in [5.74, 6) is 1.03. The monoisotopic (exact) mass is 302 g/mol. The van der Waals surface area contributed by atoms with Gasteiger partial charge in [-0.25, -0.2) is 4.98 Å². The van der Waals surface area contributed by atoms with Crippen LogP contribution in [0.25, 0.3) is 10.8 Å². The molecule has 1 N–H and O–H groups in total. The van der Waals surface area contributed by atoms with E-state index in [0.29, 0.717) is 22.7 Å². The van der Waals surface area contributed by atoms with Crippen molar-refractivity contribution >= 4 is 28.3 Å². The van der Waals surface area contributed by atoms with E-state index in [9.17, 15) is 4.79 Å². The summed E-state index contributed by atoms with van der Waals surface area (Å²) >= 11 is 6.18. The quantitative estimate of drug-likeness (QED) is 0.850. The number of hydrogen-bond acceptors (Lipinski definition) is 2. The van der Waals surface area contributed by atoms with Gasteiger partial charge in [0.1, 0.15) is 10.8 Å². The highest BCUT2D eigenvalue weighted by Gasteiger charge is 2.31. The Morgan fingerprint density at radius 3 is 2.76 bits per heavy atom. The standard InChI is InChI=1S/C17H19ClN2O/c1-10-7-8-14(11(10)2)20-17(21)15-9-12-5-3-4-6-13(12)16(18)19-15/h3-6,9-11,14H,7-8H2,1-2H3,(H,20,21). The Morgan fingerprint density at radius 1 is 1.29 bits per heavy atom. The molecule has 1 amide bonds. The molecule has 4 heteroatoms. The van der Waals surface area contributed by atoms with E-state index in [1.54, 1.807) is 6.07 Å². The van der Waals surface area contributed by atoms with E-state index in [4.69, 9.17) is 11.6 Å². The molecular weight excluding hydrogens is 284 g/mol. The van der Waals surface area contributed by atoms with Gasteiger partial charge in [-0.2, -0.15) is 0 Å². The third-order valence-electron chi connectivity index (χ3n) is 4.71. The first-order valence-corrected chi connectivity index (χ1v) is 7.80. The Morgan fingerprint density at radius 2 is 2.05 bits per heavy atom. The Balaban J connectivity index is 1.85. The van der Waals surface area contributed by atoms with Gasteiger partial charge in [-0.15, -0.1) is 0 Å². The lowest BCUT2D eigenvalue weighted by Gasteiger charge is -2.19. The molecule has 2 aromatic rings. The second kappa shape index (κ2) is 5.64. The molecule has 1 fully saturated rings. The molecular formula is C17H19ClN2O. The summed E-state index contributed by atoms with van der Waals surface area (Å²) in [5, 5.41) is 5.30. The maximum atomic E-state index is 12.4. The molecule has 1 heterocycles. The normalized spacial score (nSPS) is 25.2. The fourth-order valence-electron chi connectivity index (χ4n) is 3.08. The third-order valence-corrected chi connectivity index (χ3v) is 5.00. The molecule has 1 aliphatic rings. The number of amides is 1. The van der Waals surface area contributed by atoms with Crippen molar-refractivity contribution in [2.75, 3.05) is 0 Å². The Kier molecular flexibility index (Phi) is 3.85. The Hall–Kier alpha value is -1.61. The van der Waals surface area contributed by atoms with Crippen LogP contribution in [0.5, 0.6) is 0 Å². The van der Waals surface area contributed by atoms with Crippen molar-refractivity contribution in [2.45, 2.75) is 32.7 Å². The van der Waals surface area contributed by atoms with Gasteiger partial charge < -0.3 is 5.32 Å². The van der Waals surface area contributed by atoms with E-state index in [0.717, 1.165) is 23.6 Å². The maximum absolute atomic E-state index is 12.4. The fraction of sp³-hybridized carbons (Fsp3) is 0.412. The van der Waals surface area contributed by atoms with Crippen LogP contribution in [0, 0.1) is 11.8 Å². The molecule has 0 bridgehead atoms. The van der Waals surface area contributed by atoms with Gasteiger partial charge >= 0.3 is 0 Å². The van der Waals surface area contributed by atoms with Gasteiger partial charge in [-0.05, 0) is 36.1 Å². The third kappa shape index (κ3) is 2.75. The summed E-state index contributed by atoms with van der Waals surface area (Å²) in [6.45, 7) is 4.44. The number of benzene rings is 1. The second-order valence-electron chi connectivity index (χ2n) is 6.01. The van der Waals surface area contributed by atoms with E-state index in [1.807, 2.05) is 24.3 Å². The summed E-state index contributed by atoms with van der Waals surface area (Å²) in [6.07, 6.45) is 2.20. The minimum atomic E-state index is -0.131. The lowest BCUT2D eigenvalue weighted by atomic mass is 9.98. The summed E-state index contributed by atoms with van der Waals surface area (Å²) in [5.41, 5.74) is 0.394. The first-order valence-electron chi connectivity index (χ1n) is 7.42. The number of nitrogens with one attached hydrogen (secondary N) is 1. The Labute approximate surface area is 129 Å². The van der Waals surface area contributed by atoms with Gasteiger partial charge in [0.25, 0.3) is 5.91 Å². The highest BCUT2D eigenvalue weighted by Crippen LogP contribution is 2.31. The number of fused-ring (bicyclic) bond motifs is 1. The van der Waals surface area contributed by atoms with E-state index < -0.39 is 0 Å². The number of halogens is 1. The van der Waals surface area contributed by atoms with Crippen LogP contribution >= 0.6 is 11.6 Å². The lowest BCUT2D eigenvalue weighted by molar-refractivity contribution is 0.0922. The van der Waals surface area contributed by atoms with Gasteiger partial charge in [0, 0.05) is 11.4 Å². The number of hydrogen-bond donors (Lipinski definition) is 1. The molecule has 1 aromatic carbocycles. The highest BCUT2D eigenvalue weighted by molar-refractivity contribution is 6.34. The number of aromatic nitrogens is 1. The average Bonchev–Trinajstić information content (AvgIpc) is 2.79. The predicted octanol–water partition coefficient (Wildman–Crippen LogP) is 4.05. The van der Waals surface area contributed by atoms with Crippen LogP contribution < -0.4 is 5.32 Å². The van der Waals surface area contributed by atoms with Crippen LogP contribution in [0.2, 0.25) is 5.15 Å². The molecule has 3 unspecified atom stereocenters. The molecule has 1 aliphatic carbocycles. The van der Waals surface area contributed by atoms with Crippen molar-refractivity contribution in [1.29, 1.82) is 0 Å². The van der Waals surface area contributed by atoms with Crippen LogP contribution in [0.3, 0.4) is 0 Å². The SMILES string of the molecule is CC1CCC(NC(=O)c2cc3ccccc3c(Cl)n2)C1C. The molecule has 0 aliphatic heterocycles. The minimum Gasteiger partial charge on any atom is -0.348 e. The van der Waals surface area contributed by atoms with Crippen molar-refractivity contribution < 1.29 is 4.79 Å². The molecule has 1 saturated carbocycles. The summed E-state index contributed by atoms with van der Waals surface area (Å²) in [4.78, 5) is 16.7. The lowest BCUT2D eigenvalue weighted by Crippen LogP contribution is -2.37. The second-order valence-corrected chi connectivity index (χ2v) is 6.37. The number of nitrogens with zero attached hydrogens (tertiary/aromatic N) is 1. The summed E-state index contributed by atoms with van der Waals surface area (Å²) < 4.78 is 0. The van der Waals surface area contributed by atoms with Crippen molar-refractivity contribution in [2.24, 2.45) is 11.8 Å². The van der Waals surface area contributed by atoms with Gasteiger partial charge in [-0.3, -0.25) is 4.79 Å². The molecule has 110 valence electrons. The smallest absolute Gasteiger partial charge is 0.270 e. The highest BCUT2D eigenvalue weighted by atomic mass is 35.5. The number of pyridine rings is 1. The van der Waals surface area contributed by atoms with E-state index in [2.05, 4.69) is 24.1 Å². The molecule has 0 radical (unpaired) electrons. The van der Waals surface area contributed by atoms with Gasteiger partial charge in [0.2, 0.25) is 0 Å². The van der Waals surface area contributed by atoms with Crippen LogP contribution in [0.1, 0.15) is 37.2 Å². The number of carbonyl (C=O) groups is 1. The number of carbonyl (C=O) groups excluding carboxylic acids is 1. The first kappa shape index (κ1) is 14.3. The largest absolute Gasteiger partial charge is 0.348 e. The summed E-state index contributed by atoms with van der Waals surface area (Å²) in [6, 6.07) is 9.74. The zero-order valence-electron chi connectivity index (χ0n) is 12.3.